The molecule has 0 saturated heterocycles. The van der Waals surface area contributed by atoms with Gasteiger partial charge in [-0.2, -0.15) is 5.10 Å². The lowest BCUT2D eigenvalue weighted by Gasteiger charge is -2.03. The third-order valence-electron chi connectivity index (χ3n) is 2.40. The standard InChI is InChI=1S/C12H9N3OS/c16-12(11-2-1-7-17-11)14-9-4-6-15-10(8-9)3-5-13-15/h1-8H,(H,14,16). The summed E-state index contributed by atoms with van der Waals surface area (Å²) in [6, 6.07) is 9.27. The summed E-state index contributed by atoms with van der Waals surface area (Å²) in [6.45, 7) is 0. The van der Waals surface area contributed by atoms with Gasteiger partial charge in [0.15, 0.2) is 0 Å². The van der Waals surface area contributed by atoms with Gasteiger partial charge in [-0.15, -0.1) is 11.3 Å². The van der Waals surface area contributed by atoms with Gasteiger partial charge < -0.3 is 5.32 Å². The van der Waals surface area contributed by atoms with E-state index in [0.717, 1.165) is 11.2 Å². The number of hydrogen-bond acceptors (Lipinski definition) is 3. The van der Waals surface area contributed by atoms with E-state index in [1.54, 1.807) is 16.8 Å². The Hall–Kier alpha value is -2.14. The fraction of sp³-hybridized carbons (Fsp3) is 0. The third kappa shape index (κ3) is 1.92. The highest BCUT2D eigenvalue weighted by molar-refractivity contribution is 7.12. The van der Waals surface area contributed by atoms with E-state index in [9.17, 15) is 4.79 Å². The predicted octanol–water partition coefficient (Wildman–Crippen LogP) is 2.65. The van der Waals surface area contributed by atoms with Crippen molar-refractivity contribution in [3.05, 3.63) is 53.0 Å². The molecule has 84 valence electrons. The minimum Gasteiger partial charge on any atom is -0.321 e. The van der Waals surface area contributed by atoms with Crippen LogP contribution in [0.15, 0.2) is 48.1 Å². The van der Waals surface area contributed by atoms with E-state index in [-0.39, 0.29) is 5.91 Å². The van der Waals surface area contributed by atoms with Gasteiger partial charge in [-0.25, -0.2) is 4.52 Å². The van der Waals surface area contributed by atoms with Gasteiger partial charge >= 0.3 is 0 Å². The van der Waals surface area contributed by atoms with E-state index in [1.807, 2.05) is 35.8 Å². The normalized spacial score (nSPS) is 10.6. The number of carbonyl (C=O) groups is 1. The second-order valence-corrected chi connectivity index (χ2v) is 4.50. The number of thiophene rings is 1. The van der Waals surface area contributed by atoms with E-state index < -0.39 is 0 Å². The summed E-state index contributed by atoms with van der Waals surface area (Å²) in [6.07, 6.45) is 3.54. The molecule has 0 aliphatic rings. The van der Waals surface area contributed by atoms with Crippen LogP contribution in [-0.4, -0.2) is 15.5 Å². The molecule has 0 spiro atoms. The summed E-state index contributed by atoms with van der Waals surface area (Å²) in [5.41, 5.74) is 1.73. The SMILES string of the molecule is O=C(Nc1ccn2nccc2c1)c1cccs1. The van der Waals surface area contributed by atoms with Crippen molar-refractivity contribution in [2.24, 2.45) is 0 Å². The second kappa shape index (κ2) is 4.03. The molecular weight excluding hydrogens is 234 g/mol. The molecule has 3 rings (SSSR count). The van der Waals surface area contributed by atoms with Gasteiger partial charge in [-0.05, 0) is 29.6 Å². The number of nitrogens with zero attached hydrogens (tertiary/aromatic N) is 2. The maximum Gasteiger partial charge on any atom is 0.265 e. The number of rotatable bonds is 2. The molecule has 3 heterocycles. The average molecular weight is 243 g/mol. The second-order valence-electron chi connectivity index (χ2n) is 3.55. The zero-order valence-electron chi connectivity index (χ0n) is 8.83. The number of fused-ring (bicyclic) bond motifs is 1. The maximum absolute atomic E-state index is 11.8. The first-order valence-corrected chi connectivity index (χ1v) is 5.99. The summed E-state index contributed by atoms with van der Waals surface area (Å²) >= 11 is 1.43. The lowest BCUT2D eigenvalue weighted by molar-refractivity contribution is 0.103. The molecule has 0 aliphatic heterocycles. The van der Waals surface area contributed by atoms with Crippen molar-refractivity contribution in [2.75, 3.05) is 5.32 Å². The van der Waals surface area contributed by atoms with Crippen LogP contribution in [-0.2, 0) is 0 Å². The minimum absolute atomic E-state index is 0.0798. The Balaban J connectivity index is 1.87. The molecule has 3 aromatic heterocycles. The van der Waals surface area contributed by atoms with Gasteiger partial charge in [0.25, 0.3) is 5.91 Å². The van der Waals surface area contributed by atoms with Crippen LogP contribution in [0, 0.1) is 0 Å². The number of aromatic nitrogens is 2. The van der Waals surface area contributed by atoms with Crippen molar-refractivity contribution in [1.82, 2.24) is 9.61 Å². The Morgan fingerprint density at radius 1 is 1.35 bits per heavy atom. The number of carbonyl (C=O) groups excluding carboxylic acids is 1. The van der Waals surface area contributed by atoms with Crippen molar-refractivity contribution in [3.63, 3.8) is 0 Å². The Labute approximate surface area is 102 Å². The van der Waals surface area contributed by atoms with Gasteiger partial charge in [0.1, 0.15) is 0 Å². The Kier molecular flexibility index (Phi) is 2.38. The molecule has 17 heavy (non-hydrogen) atoms. The third-order valence-corrected chi connectivity index (χ3v) is 3.27. The van der Waals surface area contributed by atoms with Gasteiger partial charge in [-0.3, -0.25) is 4.79 Å². The van der Waals surface area contributed by atoms with Crippen LogP contribution in [0.3, 0.4) is 0 Å². The molecular formula is C12H9N3OS. The topological polar surface area (TPSA) is 46.4 Å². The zero-order valence-corrected chi connectivity index (χ0v) is 9.65. The molecule has 5 heteroatoms. The van der Waals surface area contributed by atoms with Crippen LogP contribution in [0.4, 0.5) is 5.69 Å². The molecule has 0 saturated carbocycles. The first-order chi connectivity index (χ1) is 8.33. The quantitative estimate of drug-likeness (QED) is 0.752. The van der Waals surface area contributed by atoms with Gasteiger partial charge in [0.2, 0.25) is 0 Å². The van der Waals surface area contributed by atoms with E-state index in [4.69, 9.17) is 0 Å². The first-order valence-electron chi connectivity index (χ1n) is 5.11. The highest BCUT2D eigenvalue weighted by atomic mass is 32.1. The zero-order chi connectivity index (χ0) is 11.7. The Bertz CT molecular complexity index is 657. The summed E-state index contributed by atoms with van der Waals surface area (Å²) in [5, 5.41) is 8.84. The van der Waals surface area contributed by atoms with Gasteiger partial charge in [0, 0.05) is 18.1 Å². The molecule has 1 amide bonds. The first kappa shape index (κ1) is 10.0. The highest BCUT2D eigenvalue weighted by Crippen LogP contribution is 2.15. The number of anilines is 1. The highest BCUT2D eigenvalue weighted by Gasteiger charge is 2.06. The fourth-order valence-electron chi connectivity index (χ4n) is 1.60. The number of nitrogens with one attached hydrogen (secondary N) is 1. The molecule has 0 atom stereocenters. The average Bonchev–Trinajstić information content (AvgIpc) is 2.99. The van der Waals surface area contributed by atoms with E-state index in [1.165, 1.54) is 11.3 Å². The predicted molar refractivity (Wildman–Crippen MR) is 67.5 cm³/mol. The molecule has 0 aromatic carbocycles. The molecule has 3 aromatic rings. The van der Waals surface area contributed by atoms with Crippen molar-refractivity contribution in [3.8, 4) is 0 Å². The van der Waals surface area contributed by atoms with Crippen LogP contribution in [0.2, 0.25) is 0 Å². The number of pyridine rings is 1. The summed E-state index contributed by atoms with van der Waals surface area (Å²) in [4.78, 5) is 12.5. The smallest absolute Gasteiger partial charge is 0.265 e. The van der Waals surface area contributed by atoms with Crippen molar-refractivity contribution in [1.29, 1.82) is 0 Å². The lowest BCUT2D eigenvalue weighted by atomic mass is 10.3. The maximum atomic E-state index is 11.8. The fourth-order valence-corrected chi connectivity index (χ4v) is 2.22. The molecule has 0 aliphatic carbocycles. The van der Waals surface area contributed by atoms with Crippen molar-refractivity contribution in [2.45, 2.75) is 0 Å². The Morgan fingerprint density at radius 3 is 3.12 bits per heavy atom. The molecule has 4 nitrogen and oxygen atoms in total. The molecule has 0 fully saturated rings. The molecule has 0 radical (unpaired) electrons. The van der Waals surface area contributed by atoms with Crippen LogP contribution >= 0.6 is 11.3 Å². The van der Waals surface area contributed by atoms with E-state index >= 15 is 0 Å². The van der Waals surface area contributed by atoms with Crippen LogP contribution < -0.4 is 5.32 Å². The molecule has 1 N–H and O–H groups in total. The molecule has 0 unspecified atom stereocenters. The number of amides is 1. The van der Waals surface area contributed by atoms with E-state index in [2.05, 4.69) is 10.4 Å². The Morgan fingerprint density at radius 2 is 2.29 bits per heavy atom. The van der Waals surface area contributed by atoms with Crippen molar-refractivity contribution < 1.29 is 4.79 Å². The molecule has 0 bridgehead atoms. The van der Waals surface area contributed by atoms with Crippen LogP contribution in [0.5, 0.6) is 0 Å². The van der Waals surface area contributed by atoms with Crippen LogP contribution in [0.1, 0.15) is 9.67 Å². The van der Waals surface area contributed by atoms with Crippen molar-refractivity contribution >= 4 is 28.4 Å². The largest absolute Gasteiger partial charge is 0.321 e. The monoisotopic (exact) mass is 243 g/mol. The van der Waals surface area contributed by atoms with E-state index in [0.29, 0.717) is 4.88 Å². The van der Waals surface area contributed by atoms with Gasteiger partial charge in [-0.1, -0.05) is 6.07 Å². The lowest BCUT2D eigenvalue weighted by Crippen LogP contribution is -2.10. The summed E-state index contributed by atoms with van der Waals surface area (Å²) in [5.74, 6) is -0.0798. The van der Waals surface area contributed by atoms with Crippen LogP contribution in [0.25, 0.3) is 5.52 Å². The minimum atomic E-state index is -0.0798. The number of hydrogen-bond donors (Lipinski definition) is 1. The van der Waals surface area contributed by atoms with Gasteiger partial charge in [0.05, 0.1) is 10.4 Å². The summed E-state index contributed by atoms with van der Waals surface area (Å²) in [7, 11) is 0. The summed E-state index contributed by atoms with van der Waals surface area (Å²) < 4.78 is 1.75.